The number of amides is 2. The van der Waals surface area contributed by atoms with Crippen molar-refractivity contribution in [3.63, 3.8) is 0 Å². The van der Waals surface area contributed by atoms with E-state index in [0.717, 1.165) is 31.4 Å². The van der Waals surface area contributed by atoms with E-state index in [1.807, 2.05) is 19.1 Å². The fourth-order valence-corrected chi connectivity index (χ4v) is 2.46. The van der Waals surface area contributed by atoms with Gasteiger partial charge in [-0.2, -0.15) is 0 Å². The molecule has 0 fully saturated rings. The molecule has 20 heavy (non-hydrogen) atoms. The van der Waals surface area contributed by atoms with Crippen LogP contribution in [0.15, 0.2) is 18.2 Å². The average Bonchev–Trinajstić information content (AvgIpc) is 2.90. The highest BCUT2D eigenvalue weighted by Gasteiger charge is 2.12. The molecule has 0 aromatic heterocycles. The van der Waals surface area contributed by atoms with Gasteiger partial charge in [-0.05, 0) is 48.9 Å². The van der Waals surface area contributed by atoms with Crippen molar-refractivity contribution in [1.82, 2.24) is 5.32 Å². The summed E-state index contributed by atoms with van der Waals surface area (Å²) < 4.78 is 0. The Balaban J connectivity index is 1.78. The molecule has 2 N–H and O–H groups in total. The Kier molecular flexibility index (Phi) is 5.16. The number of unbranched alkanes of at least 4 members (excludes halogenated alkanes) is 1. The van der Waals surface area contributed by atoms with Gasteiger partial charge in [0.15, 0.2) is 0 Å². The van der Waals surface area contributed by atoms with Crippen LogP contribution in [0.4, 0.5) is 5.69 Å². The van der Waals surface area contributed by atoms with E-state index in [9.17, 15) is 9.59 Å². The molecule has 1 aromatic carbocycles. The zero-order valence-electron chi connectivity index (χ0n) is 12.0. The van der Waals surface area contributed by atoms with Crippen molar-refractivity contribution in [3.8, 4) is 0 Å². The summed E-state index contributed by atoms with van der Waals surface area (Å²) in [7, 11) is 0. The van der Waals surface area contributed by atoms with E-state index in [-0.39, 0.29) is 18.4 Å². The predicted octanol–water partition coefficient (Wildman–Crippen LogP) is 2.42. The van der Waals surface area contributed by atoms with Crippen molar-refractivity contribution in [2.45, 2.75) is 45.4 Å². The number of hydrogen-bond donors (Lipinski definition) is 2. The quantitative estimate of drug-likeness (QED) is 0.837. The monoisotopic (exact) mass is 274 g/mol. The van der Waals surface area contributed by atoms with Gasteiger partial charge < -0.3 is 10.6 Å². The van der Waals surface area contributed by atoms with Gasteiger partial charge in [0, 0.05) is 12.1 Å². The topological polar surface area (TPSA) is 58.2 Å². The van der Waals surface area contributed by atoms with E-state index in [1.165, 1.54) is 17.5 Å². The summed E-state index contributed by atoms with van der Waals surface area (Å²) in [6.45, 7) is 2.08. The van der Waals surface area contributed by atoms with Gasteiger partial charge in [0.05, 0.1) is 6.54 Å². The Morgan fingerprint density at radius 2 is 1.95 bits per heavy atom. The van der Waals surface area contributed by atoms with Gasteiger partial charge in [-0.15, -0.1) is 0 Å². The summed E-state index contributed by atoms with van der Waals surface area (Å²) in [5.41, 5.74) is 3.53. The van der Waals surface area contributed by atoms with Crippen LogP contribution < -0.4 is 10.6 Å². The van der Waals surface area contributed by atoms with Crippen LogP contribution in [0.25, 0.3) is 0 Å². The zero-order chi connectivity index (χ0) is 14.4. The normalized spacial score (nSPS) is 12.8. The first kappa shape index (κ1) is 14.6. The first-order valence-corrected chi connectivity index (χ1v) is 7.37. The summed E-state index contributed by atoms with van der Waals surface area (Å²) in [6, 6.07) is 6.05. The summed E-state index contributed by atoms with van der Waals surface area (Å²) >= 11 is 0. The molecule has 0 unspecified atom stereocenters. The van der Waals surface area contributed by atoms with E-state index in [4.69, 9.17) is 0 Å². The molecule has 4 heteroatoms. The fourth-order valence-electron chi connectivity index (χ4n) is 2.46. The van der Waals surface area contributed by atoms with Crippen molar-refractivity contribution in [3.05, 3.63) is 29.3 Å². The Labute approximate surface area is 119 Å². The van der Waals surface area contributed by atoms with Gasteiger partial charge in [-0.1, -0.05) is 19.4 Å². The maximum absolute atomic E-state index is 11.8. The van der Waals surface area contributed by atoms with Crippen molar-refractivity contribution in [1.29, 1.82) is 0 Å². The smallest absolute Gasteiger partial charge is 0.243 e. The molecule has 1 aliphatic carbocycles. The molecule has 108 valence electrons. The van der Waals surface area contributed by atoms with Crippen LogP contribution in [-0.4, -0.2) is 18.4 Å². The van der Waals surface area contributed by atoms with Crippen molar-refractivity contribution in [2.75, 3.05) is 11.9 Å². The second kappa shape index (κ2) is 7.08. The number of carbonyl (C=O) groups is 2. The largest absolute Gasteiger partial charge is 0.347 e. The Morgan fingerprint density at radius 1 is 1.15 bits per heavy atom. The maximum Gasteiger partial charge on any atom is 0.243 e. The van der Waals surface area contributed by atoms with E-state index >= 15 is 0 Å². The highest BCUT2D eigenvalue weighted by molar-refractivity contribution is 5.94. The molecule has 1 aliphatic rings. The summed E-state index contributed by atoms with van der Waals surface area (Å²) in [6.07, 6.45) is 5.75. The SMILES string of the molecule is CCCCC(=O)NCC(=O)Nc1ccc2c(c1)CCC2. The minimum absolute atomic E-state index is 0.0413. The Bertz CT molecular complexity index is 497. The lowest BCUT2D eigenvalue weighted by molar-refractivity contribution is -0.124. The highest BCUT2D eigenvalue weighted by atomic mass is 16.2. The number of benzene rings is 1. The van der Waals surface area contributed by atoms with Crippen LogP contribution in [-0.2, 0) is 22.4 Å². The molecule has 4 nitrogen and oxygen atoms in total. The average molecular weight is 274 g/mol. The molecular weight excluding hydrogens is 252 g/mol. The minimum Gasteiger partial charge on any atom is -0.347 e. The number of aryl methyl sites for hydroxylation is 2. The van der Waals surface area contributed by atoms with Crippen molar-refractivity contribution >= 4 is 17.5 Å². The van der Waals surface area contributed by atoms with Crippen LogP contribution in [0.3, 0.4) is 0 Å². The van der Waals surface area contributed by atoms with E-state index in [0.29, 0.717) is 6.42 Å². The molecule has 0 spiro atoms. The summed E-state index contributed by atoms with van der Waals surface area (Å²) in [4.78, 5) is 23.2. The highest BCUT2D eigenvalue weighted by Crippen LogP contribution is 2.24. The van der Waals surface area contributed by atoms with Gasteiger partial charge >= 0.3 is 0 Å². The number of rotatable bonds is 6. The zero-order valence-corrected chi connectivity index (χ0v) is 12.0. The third kappa shape index (κ3) is 4.08. The van der Waals surface area contributed by atoms with Gasteiger partial charge in [0.1, 0.15) is 0 Å². The van der Waals surface area contributed by atoms with Crippen LogP contribution in [0.1, 0.15) is 43.7 Å². The molecule has 2 rings (SSSR count). The lowest BCUT2D eigenvalue weighted by Gasteiger charge is -2.08. The van der Waals surface area contributed by atoms with E-state index in [1.54, 1.807) is 0 Å². The van der Waals surface area contributed by atoms with Gasteiger partial charge in [0.25, 0.3) is 0 Å². The fraction of sp³-hybridized carbons (Fsp3) is 0.500. The number of nitrogens with one attached hydrogen (secondary N) is 2. The molecular formula is C16H22N2O2. The number of fused-ring (bicyclic) bond motifs is 1. The Morgan fingerprint density at radius 3 is 2.75 bits per heavy atom. The van der Waals surface area contributed by atoms with Crippen LogP contribution >= 0.6 is 0 Å². The van der Waals surface area contributed by atoms with Gasteiger partial charge in [0.2, 0.25) is 11.8 Å². The molecule has 0 radical (unpaired) electrons. The van der Waals surface area contributed by atoms with Gasteiger partial charge in [-0.3, -0.25) is 9.59 Å². The number of hydrogen-bond acceptors (Lipinski definition) is 2. The predicted molar refractivity (Wildman–Crippen MR) is 79.6 cm³/mol. The van der Waals surface area contributed by atoms with Crippen LogP contribution in [0.2, 0.25) is 0 Å². The third-order valence-corrected chi connectivity index (χ3v) is 3.59. The third-order valence-electron chi connectivity index (χ3n) is 3.59. The van der Waals surface area contributed by atoms with Crippen LogP contribution in [0, 0.1) is 0 Å². The second-order valence-electron chi connectivity index (χ2n) is 5.27. The standard InChI is InChI=1S/C16H22N2O2/c1-2-3-7-15(19)17-11-16(20)18-14-9-8-12-5-4-6-13(12)10-14/h8-10H,2-7,11H2,1H3,(H,17,19)(H,18,20). The van der Waals surface area contributed by atoms with E-state index in [2.05, 4.69) is 16.7 Å². The Hall–Kier alpha value is -1.84. The first-order chi connectivity index (χ1) is 9.69. The second-order valence-corrected chi connectivity index (χ2v) is 5.27. The first-order valence-electron chi connectivity index (χ1n) is 7.37. The molecule has 0 aliphatic heterocycles. The van der Waals surface area contributed by atoms with Gasteiger partial charge in [-0.25, -0.2) is 0 Å². The molecule has 1 aromatic rings. The summed E-state index contributed by atoms with van der Waals surface area (Å²) in [5, 5.41) is 5.47. The molecule has 0 saturated heterocycles. The molecule has 2 amide bonds. The number of carbonyl (C=O) groups excluding carboxylic acids is 2. The molecule has 0 heterocycles. The van der Waals surface area contributed by atoms with Crippen molar-refractivity contribution < 1.29 is 9.59 Å². The molecule has 0 atom stereocenters. The van der Waals surface area contributed by atoms with E-state index < -0.39 is 0 Å². The van der Waals surface area contributed by atoms with Crippen LogP contribution in [0.5, 0.6) is 0 Å². The molecule has 0 saturated carbocycles. The lowest BCUT2D eigenvalue weighted by atomic mass is 10.1. The maximum atomic E-state index is 11.8. The molecule has 0 bridgehead atoms. The lowest BCUT2D eigenvalue weighted by Crippen LogP contribution is -2.32. The number of anilines is 1. The minimum atomic E-state index is -0.173. The van der Waals surface area contributed by atoms with Crippen molar-refractivity contribution in [2.24, 2.45) is 0 Å². The summed E-state index contributed by atoms with van der Waals surface area (Å²) in [5.74, 6) is -0.233.